The van der Waals surface area contributed by atoms with Gasteiger partial charge in [0.1, 0.15) is 10.7 Å². The molecule has 2 aliphatic rings. The van der Waals surface area contributed by atoms with Gasteiger partial charge in [0.25, 0.3) is 12.3 Å². The Hall–Kier alpha value is -3.06. The summed E-state index contributed by atoms with van der Waals surface area (Å²) in [5, 5.41) is 19.4. The number of halogens is 3. The van der Waals surface area contributed by atoms with Crippen LogP contribution >= 0.6 is 11.6 Å². The van der Waals surface area contributed by atoms with Crippen molar-refractivity contribution in [1.29, 1.82) is 10.7 Å². The maximum Gasteiger partial charge on any atom is 0.272 e. The van der Waals surface area contributed by atoms with Gasteiger partial charge in [-0.15, -0.1) is 0 Å². The smallest absolute Gasteiger partial charge is 0.272 e. The zero-order chi connectivity index (χ0) is 22.8. The average molecular weight is 452 g/mol. The van der Waals surface area contributed by atoms with Crippen LogP contribution < -0.4 is 10.1 Å². The van der Waals surface area contributed by atoms with Crippen molar-refractivity contribution >= 4 is 29.1 Å². The quantitative estimate of drug-likeness (QED) is 0.339. The van der Waals surface area contributed by atoms with E-state index in [0.29, 0.717) is 5.56 Å². The fourth-order valence-corrected chi connectivity index (χ4v) is 3.77. The summed E-state index contributed by atoms with van der Waals surface area (Å²) >= 11 is 6.09. The van der Waals surface area contributed by atoms with Crippen LogP contribution in [0.25, 0.3) is 0 Å². The molecule has 11 heteroatoms. The molecule has 2 unspecified atom stereocenters. The number of carbonyl (C=O) groups excluding carboxylic acids is 2. The lowest BCUT2D eigenvalue weighted by molar-refractivity contribution is -0.133. The molecule has 2 atom stereocenters. The van der Waals surface area contributed by atoms with Crippen molar-refractivity contribution in [3.8, 4) is 11.9 Å². The van der Waals surface area contributed by atoms with Crippen LogP contribution in [0.5, 0.6) is 5.88 Å². The van der Waals surface area contributed by atoms with Crippen LogP contribution in [-0.4, -0.2) is 53.5 Å². The molecule has 164 valence electrons. The predicted molar refractivity (Wildman–Crippen MR) is 107 cm³/mol. The van der Waals surface area contributed by atoms with Crippen molar-refractivity contribution < 1.29 is 23.1 Å². The van der Waals surface area contributed by atoms with Gasteiger partial charge in [0, 0.05) is 25.2 Å². The number of amides is 2. The number of alkyl halides is 2. The van der Waals surface area contributed by atoms with Gasteiger partial charge in [-0.2, -0.15) is 5.26 Å². The first-order valence-electron chi connectivity index (χ1n) is 9.52. The van der Waals surface area contributed by atoms with E-state index in [4.69, 9.17) is 27.0 Å². The number of nitriles is 1. The lowest BCUT2D eigenvalue weighted by Gasteiger charge is -2.25. The first-order valence-corrected chi connectivity index (χ1v) is 9.90. The summed E-state index contributed by atoms with van der Waals surface area (Å²) in [4.78, 5) is 30.8. The number of likely N-dealkylation sites (tertiary alicyclic amines) is 1. The second-order valence-electron chi connectivity index (χ2n) is 7.29. The van der Waals surface area contributed by atoms with Crippen molar-refractivity contribution in [1.82, 2.24) is 15.2 Å². The first kappa shape index (κ1) is 22.6. The van der Waals surface area contributed by atoms with Gasteiger partial charge >= 0.3 is 0 Å². The number of rotatable bonds is 9. The van der Waals surface area contributed by atoms with Gasteiger partial charge in [0.2, 0.25) is 11.8 Å². The fourth-order valence-electron chi connectivity index (χ4n) is 3.54. The summed E-state index contributed by atoms with van der Waals surface area (Å²) in [5.74, 6) is -1.63. The van der Waals surface area contributed by atoms with Crippen molar-refractivity contribution in [2.45, 2.75) is 25.8 Å². The van der Waals surface area contributed by atoms with Crippen LogP contribution in [-0.2, 0) is 9.59 Å². The first-order chi connectivity index (χ1) is 14.7. The Morgan fingerprint density at radius 3 is 2.84 bits per heavy atom. The zero-order valence-electron chi connectivity index (χ0n) is 16.6. The Morgan fingerprint density at radius 2 is 2.26 bits per heavy atom. The average Bonchev–Trinajstić information content (AvgIpc) is 3.48. The Morgan fingerprint density at radius 1 is 1.55 bits per heavy atom. The van der Waals surface area contributed by atoms with Crippen molar-refractivity contribution in [2.75, 3.05) is 19.7 Å². The molecule has 2 heterocycles. The summed E-state index contributed by atoms with van der Waals surface area (Å²) in [7, 11) is 0. The SMILES string of the molecule is CC(c1cnc(OCC(F)F)c(Cl)c1)N1CC(C(=N)C(=O)NCCC#N)C2(C=C2)C1=O. The second kappa shape index (κ2) is 8.98. The summed E-state index contributed by atoms with van der Waals surface area (Å²) in [6.45, 7) is 1.18. The fraction of sp³-hybridized carbons (Fsp3) is 0.450. The van der Waals surface area contributed by atoms with Crippen LogP contribution in [0.1, 0.15) is 24.9 Å². The number of ether oxygens (including phenoxy) is 1. The van der Waals surface area contributed by atoms with Gasteiger partial charge in [-0.25, -0.2) is 13.8 Å². The second-order valence-corrected chi connectivity index (χ2v) is 7.70. The molecular weight excluding hydrogens is 432 g/mol. The van der Waals surface area contributed by atoms with E-state index in [9.17, 15) is 18.4 Å². The molecule has 1 aliphatic heterocycles. The third-order valence-corrected chi connectivity index (χ3v) is 5.62. The maximum absolute atomic E-state index is 13.1. The topological polar surface area (TPSA) is 119 Å². The zero-order valence-corrected chi connectivity index (χ0v) is 17.3. The highest BCUT2D eigenvalue weighted by Gasteiger charge is 2.60. The monoisotopic (exact) mass is 451 g/mol. The van der Waals surface area contributed by atoms with E-state index < -0.39 is 36.3 Å². The van der Waals surface area contributed by atoms with Gasteiger partial charge < -0.3 is 15.0 Å². The van der Waals surface area contributed by atoms with E-state index in [2.05, 4.69) is 10.3 Å². The molecule has 1 aromatic rings. The highest BCUT2D eigenvalue weighted by atomic mass is 35.5. The van der Waals surface area contributed by atoms with E-state index in [-0.39, 0.29) is 42.0 Å². The van der Waals surface area contributed by atoms with E-state index in [1.165, 1.54) is 17.2 Å². The number of aromatic nitrogens is 1. The highest BCUT2D eigenvalue weighted by Crippen LogP contribution is 2.51. The summed E-state index contributed by atoms with van der Waals surface area (Å²) < 4.78 is 29.5. The number of nitrogens with one attached hydrogen (secondary N) is 2. The van der Waals surface area contributed by atoms with Crippen molar-refractivity contribution in [2.24, 2.45) is 11.3 Å². The van der Waals surface area contributed by atoms with Crippen molar-refractivity contribution in [3.63, 3.8) is 0 Å². The molecule has 1 aliphatic carbocycles. The molecule has 0 aromatic carbocycles. The number of hydrogen-bond acceptors (Lipinski definition) is 6. The number of carbonyl (C=O) groups is 2. The van der Waals surface area contributed by atoms with Crippen LogP contribution in [0.15, 0.2) is 24.4 Å². The van der Waals surface area contributed by atoms with E-state index in [0.717, 1.165) is 0 Å². The van der Waals surface area contributed by atoms with Crippen LogP contribution in [0.2, 0.25) is 5.02 Å². The lowest BCUT2D eigenvalue weighted by Crippen LogP contribution is -2.39. The molecule has 31 heavy (non-hydrogen) atoms. The Bertz CT molecular complexity index is 972. The third kappa shape index (κ3) is 4.51. The normalized spacial score (nSPS) is 19.4. The molecule has 3 rings (SSSR count). The third-order valence-electron chi connectivity index (χ3n) is 5.35. The van der Waals surface area contributed by atoms with E-state index >= 15 is 0 Å². The number of hydrogen-bond donors (Lipinski definition) is 2. The van der Waals surface area contributed by atoms with Crippen molar-refractivity contribution in [3.05, 3.63) is 35.0 Å². The predicted octanol–water partition coefficient (Wildman–Crippen LogP) is 2.50. The lowest BCUT2D eigenvalue weighted by atomic mass is 9.85. The van der Waals surface area contributed by atoms with Crippen LogP contribution in [0, 0.1) is 28.1 Å². The maximum atomic E-state index is 13.1. The summed E-state index contributed by atoms with van der Waals surface area (Å²) in [6.07, 6.45) is 2.21. The Labute approximate surface area is 182 Å². The molecule has 1 fully saturated rings. The molecule has 0 bridgehead atoms. The van der Waals surface area contributed by atoms with Gasteiger partial charge in [0.05, 0.1) is 23.9 Å². The van der Waals surface area contributed by atoms with Gasteiger partial charge in [0.15, 0.2) is 6.61 Å². The molecule has 2 N–H and O–H groups in total. The van der Waals surface area contributed by atoms with Crippen LogP contribution in [0.3, 0.4) is 0 Å². The molecule has 0 radical (unpaired) electrons. The Kier molecular flexibility index (Phi) is 6.55. The number of nitrogens with zero attached hydrogens (tertiary/aromatic N) is 3. The minimum Gasteiger partial charge on any atom is -0.471 e. The van der Waals surface area contributed by atoms with Gasteiger partial charge in [-0.05, 0) is 18.6 Å². The van der Waals surface area contributed by atoms with Gasteiger partial charge in [-0.1, -0.05) is 23.8 Å². The van der Waals surface area contributed by atoms with E-state index in [1.807, 2.05) is 6.07 Å². The highest BCUT2D eigenvalue weighted by molar-refractivity contribution is 6.39. The molecule has 1 aromatic heterocycles. The minimum absolute atomic E-state index is 0.0390. The summed E-state index contributed by atoms with van der Waals surface area (Å²) in [6, 6.07) is 2.91. The van der Waals surface area contributed by atoms with Crippen LogP contribution in [0.4, 0.5) is 8.78 Å². The molecule has 2 amide bonds. The molecule has 8 nitrogen and oxygen atoms in total. The molecule has 0 saturated carbocycles. The number of pyridine rings is 1. The largest absolute Gasteiger partial charge is 0.471 e. The van der Waals surface area contributed by atoms with E-state index in [1.54, 1.807) is 19.1 Å². The minimum atomic E-state index is -2.66. The van der Waals surface area contributed by atoms with Gasteiger partial charge in [-0.3, -0.25) is 15.0 Å². The molecule has 1 spiro atoms. The standard InChI is InChI=1S/C20H20ClF2N5O3/c1-11(12-7-14(21)18(27-8-12)31-10-15(22)23)28-9-13(20(3-4-20)19(28)30)16(25)17(29)26-6-2-5-24/h3-4,7-8,11,13,15,25H,2,6,9-10H2,1H3,(H,26,29). The summed E-state index contributed by atoms with van der Waals surface area (Å²) in [5.41, 5.74) is -0.655. The Balaban J connectivity index is 1.73. The molecule has 1 saturated heterocycles. The molecular formula is C20H20ClF2N5O3.